The smallest absolute Gasteiger partial charge is 0.456 e. The lowest BCUT2D eigenvalue weighted by molar-refractivity contribution is -0.870. The fourth-order valence-electron chi connectivity index (χ4n) is 9.52. The number of nitrogens with one attached hydrogen (secondary N) is 1. The monoisotopic (exact) mass is 1220 g/mol. The number of phosphoric ester groups is 1. The molecule has 3 atom stereocenters. The summed E-state index contributed by atoms with van der Waals surface area (Å²) in [6, 6.07) is -0.867. The number of amides is 1. The van der Waals surface area contributed by atoms with Crippen molar-refractivity contribution in [2.45, 2.75) is 296 Å². The number of phosphoric acid groups is 1. The molecule has 10 heteroatoms. The zero-order chi connectivity index (χ0) is 62.8. The van der Waals surface area contributed by atoms with Crippen molar-refractivity contribution in [2.24, 2.45) is 0 Å². The molecule has 0 aromatic rings. The zero-order valence-electron chi connectivity index (χ0n) is 56.3. The van der Waals surface area contributed by atoms with Gasteiger partial charge in [-0.1, -0.05) is 283 Å². The second-order valence-corrected chi connectivity index (χ2v) is 25.7. The number of quaternary nitrogens is 1. The largest absolute Gasteiger partial charge is 0.472 e. The minimum absolute atomic E-state index is 0.0301. The van der Waals surface area contributed by atoms with E-state index in [1.807, 2.05) is 33.3 Å². The SMILES string of the molecule is CC/C=C\C/C=C\C/C=C\C/C=C\C/C=C\CCCCCCCCCCCC(=O)NC(COP(=O)(O)OCC[N+](C)(C)C)C(/C=C/CCCCCCCCCCCC)OC(=O)CCCCCCCCC/C=C\C/C=C\C/C=C\C/C=C\C/C=C\CC. The second-order valence-electron chi connectivity index (χ2n) is 24.3. The van der Waals surface area contributed by atoms with Crippen LogP contribution in [-0.4, -0.2) is 74.3 Å². The third-order valence-electron chi connectivity index (χ3n) is 14.8. The summed E-state index contributed by atoms with van der Waals surface area (Å²) in [4.78, 5) is 37.9. The van der Waals surface area contributed by atoms with Crippen molar-refractivity contribution < 1.29 is 37.3 Å². The molecule has 0 aliphatic heterocycles. The summed E-state index contributed by atoms with van der Waals surface area (Å²) in [5.74, 6) is -0.529. The van der Waals surface area contributed by atoms with Crippen molar-refractivity contribution in [3.8, 4) is 0 Å². The number of esters is 1. The van der Waals surface area contributed by atoms with E-state index in [1.54, 1.807) is 0 Å². The zero-order valence-corrected chi connectivity index (χ0v) is 57.2. The molecular formula is C76H132N2O7P+. The number of allylic oxidation sites excluding steroid dienone is 21. The van der Waals surface area contributed by atoms with E-state index >= 15 is 0 Å². The third kappa shape index (κ3) is 64.6. The second kappa shape index (κ2) is 64.1. The first-order valence-electron chi connectivity index (χ1n) is 35.0. The van der Waals surface area contributed by atoms with Gasteiger partial charge in [0.1, 0.15) is 19.3 Å². The molecule has 0 aromatic carbocycles. The number of rotatable bonds is 62. The molecule has 0 fully saturated rings. The summed E-state index contributed by atoms with van der Waals surface area (Å²) in [6.07, 6.45) is 91.7. The summed E-state index contributed by atoms with van der Waals surface area (Å²) < 4.78 is 30.8. The van der Waals surface area contributed by atoms with Crippen molar-refractivity contribution in [3.63, 3.8) is 0 Å². The number of carbonyl (C=O) groups excluding carboxylic acids is 2. The molecule has 0 saturated carbocycles. The maximum absolute atomic E-state index is 13.6. The third-order valence-corrected chi connectivity index (χ3v) is 15.8. The first-order chi connectivity index (χ1) is 41.9. The molecule has 0 aliphatic rings. The molecular weight excluding hydrogens is 1080 g/mol. The highest BCUT2D eigenvalue weighted by Gasteiger charge is 2.30. The molecule has 492 valence electrons. The van der Waals surface area contributed by atoms with Gasteiger partial charge in [0.05, 0.1) is 33.8 Å². The van der Waals surface area contributed by atoms with E-state index in [4.69, 9.17) is 13.8 Å². The Morgan fingerprint density at radius 3 is 1.12 bits per heavy atom. The van der Waals surface area contributed by atoms with Crippen LogP contribution in [0.25, 0.3) is 0 Å². The molecule has 0 rings (SSSR count). The lowest BCUT2D eigenvalue weighted by Gasteiger charge is -2.27. The number of nitrogens with zero attached hydrogens (tertiary/aromatic N) is 1. The Bertz CT molecular complexity index is 1930. The van der Waals surface area contributed by atoms with Gasteiger partial charge in [-0.2, -0.15) is 0 Å². The van der Waals surface area contributed by atoms with E-state index in [9.17, 15) is 19.0 Å². The van der Waals surface area contributed by atoms with Gasteiger partial charge in [0.15, 0.2) is 0 Å². The predicted molar refractivity (Wildman–Crippen MR) is 373 cm³/mol. The number of hydrogen-bond donors (Lipinski definition) is 2. The summed E-state index contributed by atoms with van der Waals surface area (Å²) in [6.45, 7) is 6.77. The molecule has 1 amide bonds. The highest BCUT2D eigenvalue weighted by atomic mass is 31.2. The molecule has 86 heavy (non-hydrogen) atoms. The van der Waals surface area contributed by atoms with E-state index < -0.39 is 20.0 Å². The van der Waals surface area contributed by atoms with Gasteiger partial charge in [-0.15, -0.1) is 0 Å². The van der Waals surface area contributed by atoms with E-state index in [1.165, 1.54) is 103 Å². The minimum Gasteiger partial charge on any atom is -0.456 e. The van der Waals surface area contributed by atoms with Crippen LogP contribution in [0.1, 0.15) is 284 Å². The van der Waals surface area contributed by atoms with Crippen LogP contribution in [0.5, 0.6) is 0 Å². The molecule has 3 unspecified atom stereocenters. The van der Waals surface area contributed by atoms with Crippen LogP contribution in [0.15, 0.2) is 134 Å². The number of ether oxygens (including phenoxy) is 1. The fraction of sp³-hybridized carbons (Fsp3) is 0.684. The van der Waals surface area contributed by atoms with Crippen molar-refractivity contribution in [1.82, 2.24) is 5.32 Å². The van der Waals surface area contributed by atoms with Crippen LogP contribution in [0.3, 0.4) is 0 Å². The average molecular weight is 1220 g/mol. The van der Waals surface area contributed by atoms with Gasteiger partial charge in [-0.05, 0) is 122 Å². The maximum Gasteiger partial charge on any atom is 0.472 e. The standard InChI is InChI=1S/C76H131N2O7P/c1-7-10-13-16-19-22-25-28-30-32-34-36-38-39-41-42-44-46-48-50-53-56-59-62-65-68-75(79)77-73(72-84-86(81,82)83-71-70-78(4,5)6)74(67-64-61-58-55-52-27-24-21-18-15-12-9-3)85-76(80)69-66-63-60-57-54-51-49-47-45-43-40-37-35-33-31-29-26-23-20-17-14-11-8-2/h10-11,13-14,19-20,22-23,28-31,34-37,39,41,43,45,64,67,73-74H,7-9,12,15-18,21,24-27,32-33,38,40,42,44,46-63,65-66,68-72H2,1-6H3,(H-,77,79,81,82)/p+1/b13-10-,14-11-,22-19-,23-20-,30-28-,31-29-,36-34-,37-35-,41-39-,45-43-,67-64+. The quantitative estimate of drug-likeness (QED) is 0.0205. The van der Waals surface area contributed by atoms with Crippen molar-refractivity contribution in [3.05, 3.63) is 134 Å². The summed E-state index contributed by atoms with van der Waals surface area (Å²) in [7, 11) is 1.47. The first-order valence-corrected chi connectivity index (χ1v) is 36.5. The number of likely N-dealkylation sites (N-methyl/N-ethyl adjacent to an activating group) is 1. The number of carbonyl (C=O) groups is 2. The molecule has 0 heterocycles. The molecule has 0 saturated heterocycles. The Hall–Kier alpha value is -3.85. The highest BCUT2D eigenvalue weighted by molar-refractivity contribution is 7.47. The molecule has 0 bridgehead atoms. The lowest BCUT2D eigenvalue weighted by Crippen LogP contribution is -2.47. The average Bonchev–Trinajstić information content (AvgIpc) is 3.69. The van der Waals surface area contributed by atoms with Gasteiger partial charge >= 0.3 is 13.8 Å². The van der Waals surface area contributed by atoms with Gasteiger partial charge in [-0.3, -0.25) is 18.6 Å². The van der Waals surface area contributed by atoms with Crippen molar-refractivity contribution in [2.75, 3.05) is 40.9 Å². The van der Waals surface area contributed by atoms with Gasteiger partial charge in [-0.25, -0.2) is 4.57 Å². The van der Waals surface area contributed by atoms with Crippen LogP contribution in [0.2, 0.25) is 0 Å². The summed E-state index contributed by atoms with van der Waals surface area (Å²) in [5, 5.41) is 3.06. The van der Waals surface area contributed by atoms with Gasteiger partial charge in [0.25, 0.3) is 0 Å². The summed E-state index contributed by atoms with van der Waals surface area (Å²) in [5.41, 5.74) is 0. The molecule has 9 nitrogen and oxygen atoms in total. The Morgan fingerprint density at radius 2 is 0.744 bits per heavy atom. The van der Waals surface area contributed by atoms with E-state index in [0.29, 0.717) is 17.4 Å². The van der Waals surface area contributed by atoms with Crippen molar-refractivity contribution in [1.29, 1.82) is 0 Å². The Morgan fingerprint density at radius 1 is 0.419 bits per heavy atom. The number of unbranched alkanes of at least 4 members (excludes halogenated alkanes) is 26. The first kappa shape index (κ1) is 82.1. The maximum atomic E-state index is 13.6. The van der Waals surface area contributed by atoms with Gasteiger partial charge in [0, 0.05) is 12.8 Å². The molecule has 0 spiro atoms. The van der Waals surface area contributed by atoms with Gasteiger partial charge in [0.2, 0.25) is 5.91 Å². The Labute approximate surface area is 530 Å². The van der Waals surface area contributed by atoms with E-state index in [-0.39, 0.29) is 31.5 Å². The van der Waals surface area contributed by atoms with Crippen LogP contribution in [0, 0.1) is 0 Å². The fourth-order valence-corrected chi connectivity index (χ4v) is 10.3. The lowest BCUT2D eigenvalue weighted by atomic mass is 10.0. The molecule has 2 N–H and O–H groups in total. The predicted octanol–water partition coefficient (Wildman–Crippen LogP) is 22.4. The minimum atomic E-state index is -4.47. The molecule has 0 radical (unpaired) electrons. The van der Waals surface area contributed by atoms with Crippen LogP contribution in [0.4, 0.5) is 0 Å². The van der Waals surface area contributed by atoms with E-state index in [2.05, 4.69) is 148 Å². The normalized spacial score (nSPS) is 14.4. The Kier molecular flexibility index (Phi) is 61.3. The van der Waals surface area contributed by atoms with Crippen LogP contribution in [-0.2, 0) is 27.9 Å². The summed E-state index contributed by atoms with van der Waals surface area (Å²) >= 11 is 0. The Balaban J connectivity index is 5.14. The number of hydrogen-bond acceptors (Lipinski definition) is 6. The molecule has 0 aliphatic carbocycles. The highest BCUT2D eigenvalue weighted by Crippen LogP contribution is 2.43. The van der Waals surface area contributed by atoms with Crippen molar-refractivity contribution >= 4 is 19.7 Å². The topological polar surface area (TPSA) is 111 Å². The van der Waals surface area contributed by atoms with Gasteiger partial charge < -0.3 is 19.4 Å². The van der Waals surface area contributed by atoms with E-state index in [0.717, 1.165) is 148 Å². The van der Waals surface area contributed by atoms with Crippen LogP contribution < -0.4 is 5.32 Å². The molecule has 0 aromatic heterocycles. The van der Waals surface area contributed by atoms with Crippen LogP contribution >= 0.6 is 7.82 Å².